The van der Waals surface area contributed by atoms with Gasteiger partial charge >= 0.3 is 0 Å². The Morgan fingerprint density at radius 3 is 2.09 bits per heavy atom. The molecule has 0 spiro atoms. The molecular weight excluding hydrogens is 450 g/mol. The van der Waals surface area contributed by atoms with Crippen molar-refractivity contribution >= 4 is 26.0 Å². The highest BCUT2D eigenvalue weighted by atomic mass is 32.2. The van der Waals surface area contributed by atoms with Crippen LogP contribution in [0.1, 0.15) is 56.8 Å². The fraction of sp³-hybridized carbons (Fsp3) is 0.682. The molecule has 10 heteroatoms. The van der Waals surface area contributed by atoms with Crippen LogP contribution in [0.25, 0.3) is 0 Å². The first-order valence-electron chi connectivity index (χ1n) is 11.4. The van der Waals surface area contributed by atoms with Gasteiger partial charge in [-0.15, -0.1) is 0 Å². The molecule has 1 N–H and O–H groups in total. The smallest absolute Gasteiger partial charge is 0.253 e. The maximum Gasteiger partial charge on any atom is 0.253 e. The van der Waals surface area contributed by atoms with E-state index in [0.29, 0.717) is 62.8 Å². The summed E-state index contributed by atoms with van der Waals surface area (Å²) < 4.78 is 54.2. The molecule has 1 aromatic rings. The molecule has 2 atom stereocenters. The van der Waals surface area contributed by atoms with E-state index in [-0.39, 0.29) is 22.6 Å². The average Bonchev–Trinajstić information content (AvgIpc) is 2.73. The summed E-state index contributed by atoms with van der Waals surface area (Å²) in [5.74, 6) is 0.591. The molecule has 0 bridgehead atoms. The molecular formula is C22H35N3O5S2. The maximum atomic E-state index is 13.0. The number of benzene rings is 1. The van der Waals surface area contributed by atoms with Crippen LogP contribution >= 0.6 is 0 Å². The molecule has 0 radical (unpaired) electrons. The maximum absolute atomic E-state index is 13.0. The molecule has 180 valence electrons. The predicted octanol–water partition coefficient (Wildman–Crippen LogP) is 2.29. The van der Waals surface area contributed by atoms with Crippen molar-refractivity contribution in [3.8, 4) is 0 Å². The first-order valence-corrected chi connectivity index (χ1v) is 14.5. The Morgan fingerprint density at radius 1 is 1.00 bits per heavy atom. The summed E-state index contributed by atoms with van der Waals surface area (Å²) in [5, 5.41) is 0. The minimum atomic E-state index is -3.58. The van der Waals surface area contributed by atoms with Gasteiger partial charge in [-0.05, 0) is 61.8 Å². The highest BCUT2D eigenvalue weighted by Crippen LogP contribution is 2.27. The minimum absolute atomic E-state index is 0.108. The van der Waals surface area contributed by atoms with Gasteiger partial charge in [0.05, 0.1) is 10.6 Å². The number of carbonyl (C=O) groups is 1. The topological polar surface area (TPSA) is 104 Å². The molecule has 3 rings (SSSR count). The Morgan fingerprint density at radius 2 is 1.56 bits per heavy atom. The van der Waals surface area contributed by atoms with Crippen molar-refractivity contribution in [3.63, 3.8) is 0 Å². The summed E-state index contributed by atoms with van der Waals surface area (Å²) in [7, 11) is -6.85. The molecule has 0 aromatic heterocycles. The van der Waals surface area contributed by atoms with E-state index in [0.717, 1.165) is 6.42 Å². The number of sulfonamides is 2. The Labute approximate surface area is 192 Å². The molecule has 32 heavy (non-hydrogen) atoms. The van der Waals surface area contributed by atoms with Crippen LogP contribution < -0.4 is 4.72 Å². The van der Waals surface area contributed by atoms with E-state index < -0.39 is 20.0 Å². The number of nitrogens with zero attached hydrogens (tertiary/aromatic N) is 2. The van der Waals surface area contributed by atoms with Crippen molar-refractivity contribution in [2.45, 2.75) is 57.4 Å². The van der Waals surface area contributed by atoms with Gasteiger partial charge in [-0.3, -0.25) is 4.79 Å². The van der Waals surface area contributed by atoms with Gasteiger partial charge in [0.25, 0.3) is 5.91 Å². The number of piperidine rings is 2. The van der Waals surface area contributed by atoms with Crippen molar-refractivity contribution < 1.29 is 21.6 Å². The second kappa shape index (κ2) is 10.2. The van der Waals surface area contributed by atoms with Gasteiger partial charge in [0, 0.05) is 37.8 Å². The van der Waals surface area contributed by atoms with Gasteiger partial charge < -0.3 is 4.90 Å². The van der Waals surface area contributed by atoms with E-state index in [9.17, 15) is 21.6 Å². The molecule has 2 aliphatic heterocycles. The van der Waals surface area contributed by atoms with E-state index in [1.165, 1.54) is 12.1 Å². The SMILES string of the molecule is CCCS(=O)(=O)NC1CCN(C(=O)c2ccc(S(=O)(=O)N3CC(C)CC(C)C3)cc2)CC1. The Balaban J connectivity index is 1.61. The summed E-state index contributed by atoms with van der Waals surface area (Å²) in [5.41, 5.74) is 0.439. The first-order chi connectivity index (χ1) is 15.0. The van der Waals surface area contributed by atoms with Gasteiger partial charge in [0.1, 0.15) is 0 Å². The van der Waals surface area contributed by atoms with Crippen LogP contribution in [0.3, 0.4) is 0 Å². The highest BCUT2D eigenvalue weighted by Gasteiger charge is 2.32. The summed E-state index contributed by atoms with van der Waals surface area (Å²) in [6, 6.07) is 6.01. The zero-order valence-corrected chi connectivity index (χ0v) is 20.8. The van der Waals surface area contributed by atoms with E-state index in [2.05, 4.69) is 18.6 Å². The van der Waals surface area contributed by atoms with E-state index >= 15 is 0 Å². The zero-order chi connectivity index (χ0) is 23.5. The van der Waals surface area contributed by atoms with Crippen LogP contribution in [-0.2, 0) is 20.0 Å². The highest BCUT2D eigenvalue weighted by molar-refractivity contribution is 7.89. The van der Waals surface area contributed by atoms with Crippen molar-refractivity contribution in [1.29, 1.82) is 0 Å². The molecule has 2 aliphatic rings. The van der Waals surface area contributed by atoms with Gasteiger partial charge in [-0.25, -0.2) is 21.6 Å². The summed E-state index contributed by atoms with van der Waals surface area (Å²) in [6.45, 7) is 7.92. The Kier molecular flexibility index (Phi) is 8.01. The second-order valence-corrected chi connectivity index (χ2v) is 13.1. The number of likely N-dealkylation sites (tertiary alicyclic amines) is 1. The third-order valence-corrected chi connectivity index (χ3v) is 9.66. The van der Waals surface area contributed by atoms with Crippen LogP contribution in [0.4, 0.5) is 0 Å². The summed E-state index contributed by atoms with van der Waals surface area (Å²) in [4.78, 5) is 14.8. The molecule has 0 saturated carbocycles. The minimum Gasteiger partial charge on any atom is -0.339 e. The molecule has 2 saturated heterocycles. The van der Waals surface area contributed by atoms with E-state index in [1.54, 1.807) is 21.3 Å². The lowest BCUT2D eigenvalue weighted by atomic mass is 9.94. The lowest BCUT2D eigenvalue weighted by Crippen LogP contribution is -2.47. The van der Waals surface area contributed by atoms with Crippen LogP contribution in [0.2, 0.25) is 0 Å². The Bertz CT molecular complexity index is 991. The van der Waals surface area contributed by atoms with Crippen LogP contribution in [0.5, 0.6) is 0 Å². The summed E-state index contributed by atoms with van der Waals surface area (Å²) in [6.07, 6.45) is 2.71. The third-order valence-electron chi connectivity index (χ3n) is 6.18. The first kappa shape index (κ1) is 25.1. The zero-order valence-electron chi connectivity index (χ0n) is 19.2. The fourth-order valence-corrected chi connectivity index (χ4v) is 7.76. The largest absolute Gasteiger partial charge is 0.339 e. The van der Waals surface area contributed by atoms with Crippen molar-refractivity contribution in [3.05, 3.63) is 29.8 Å². The monoisotopic (exact) mass is 485 g/mol. The van der Waals surface area contributed by atoms with Gasteiger partial charge in [-0.2, -0.15) is 4.31 Å². The van der Waals surface area contributed by atoms with Crippen LogP contribution in [-0.4, -0.2) is 69.9 Å². The van der Waals surface area contributed by atoms with Crippen molar-refractivity contribution in [2.75, 3.05) is 31.9 Å². The molecule has 2 fully saturated rings. The van der Waals surface area contributed by atoms with Gasteiger partial charge in [0.2, 0.25) is 20.0 Å². The average molecular weight is 486 g/mol. The van der Waals surface area contributed by atoms with Crippen LogP contribution in [0.15, 0.2) is 29.2 Å². The predicted molar refractivity (Wildman–Crippen MR) is 124 cm³/mol. The normalized spacial score (nSPS) is 23.9. The van der Waals surface area contributed by atoms with Gasteiger partial charge in [-0.1, -0.05) is 20.8 Å². The third kappa shape index (κ3) is 6.09. The number of nitrogens with one attached hydrogen (secondary N) is 1. The molecule has 0 aliphatic carbocycles. The van der Waals surface area contributed by atoms with Gasteiger partial charge in [0.15, 0.2) is 0 Å². The number of carbonyl (C=O) groups excluding carboxylic acids is 1. The fourth-order valence-electron chi connectivity index (χ4n) is 4.69. The number of amides is 1. The number of hydrogen-bond donors (Lipinski definition) is 1. The molecule has 1 amide bonds. The quantitative estimate of drug-likeness (QED) is 0.638. The van der Waals surface area contributed by atoms with Crippen molar-refractivity contribution in [1.82, 2.24) is 13.9 Å². The number of rotatable bonds is 7. The summed E-state index contributed by atoms with van der Waals surface area (Å²) >= 11 is 0. The second-order valence-electron chi connectivity index (χ2n) is 9.30. The standard InChI is InChI=1S/C22H35N3O5S2/c1-4-13-31(27,28)23-20-9-11-24(12-10-20)22(26)19-5-7-21(8-6-19)32(29,30)25-15-17(2)14-18(3)16-25/h5-8,17-18,20,23H,4,9-16H2,1-3H3. The molecule has 1 aromatic carbocycles. The number of hydrogen-bond acceptors (Lipinski definition) is 5. The van der Waals surface area contributed by atoms with Crippen LogP contribution in [0, 0.1) is 11.8 Å². The van der Waals surface area contributed by atoms with E-state index in [1.807, 2.05) is 6.92 Å². The molecule has 2 heterocycles. The van der Waals surface area contributed by atoms with Crippen molar-refractivity contribution in [2.24, 2.45) is 11.8 Å². The molecule has 8 nitrogen and oxygen atoms in total. The van der Waals surface area contributed by atoms with E-state index in [4.69, 9.17) is 0 Å². The molecule has 2 unspecified atom stereocenters. The lowest BCUT2D eigenvalue weighted by molar-refractivity contribution is 0.0711. The lowest BCUT2D eigenvalue weighted by Gasteiger charge is -2.34. The Hall–Kier alpha value is -1.49.